The van der Waals surface area contributed by atoms with Gasteiger partial charge in [-0.05, 0) is 43.3 Å². The SMILES string of the molecule is Cc1ccc(-n2c(-c3ccccn3)nc3ccccc32)cc1. The molecule has 22 heavy (non-hydrogen) atoms. The summed E-state index contributed by atoms with van der Waals surface area (Å²) in [6, 6.07) is 22.6. The molecule has 0 amide bonds. The number of hydrogen-bond donors (Lipinski definition) is 0. The van der Waals surface area contributed by atoms with Crippen LogP contribution in [-0.4, -0.2) is 14.5 Å². The maximum atomic E-state index is 4.78. The molecule has 0 aliphatic carbocycles. The predicted octanol–water partition coefficient (Wildman–Crippen LogP) is 4.40. The average molecular weight is 285 g/mol. The van der Waals surface area contributed by atoms with Crippen molar-refractivity contribution in [3.8, 4) is 17.2 Å². The highest BCUT2D eigenvalue weighted by Crippen LogP contribution is 2.27. The number of para-hydroxylation sites is 2. The van der Waals surface area contributed by atoms with Crippen LogP contribution in [0.3, 0.4) is 0 Å². The molecule has 0 aliphatic heterocycles. The summed E-state index contributed by atoms with van der Waals surface area (Å²) in [6.45, 7) is 2.09. The molecule has 106 valence electrons. The van der Waals surface area contributed by atoms with Crippen molar-refractivity contribution >= 4 is 11.0 Å². The molecular formula is C19H15N3. The normalized spacial score (nSPS) is 11.0. The Labute approximate surface area is 128 Å². The molecule has 0 atom stereocenters. The summed E-state index contributed by atoms with van der Waals surface area (Å²) in [5.74, 6) is 0.866. The van der Waals surface area contributed by atoms with Gasteiger partial charge < -0.3 is 0 Å². The first kappa shape index (κ1) is 12.8. The van der Waals surface area contributed by atoms with Gasteiger partial charge in [0.25, 0.3) is 0 Å². The van der Waals surface area contributed by atoms with Crippen molar-refractivity contribution in [1.82, 2.24) is 14.5 Å². The lowest BCUT2D eigenvalue weighted by molar-refractivity contribution is 1.08. The first-order valence-electron chi connectivity index (χ1n) is 7.29. The molecule has 4 aromatic rings. The molecule has 2 aromatic carbocycles. The molecule has 0 unspecified atom stereocenters. The summed E-state index contributed by atoms with van der Waals surface area (Å²) in [7, 11) is 0. The number of fused-ring (bicyclic) bond motifs is 1. The van der Waals surface area contributed by atoms with Gasteiger partial charge in [-0.25, -0.2) is 4.98 Å². The van der Waals surface area contributed by atoms with Gasteiger partial charge in [-0.1, -0.05) is 35.9 Å². The van der Waals surface area contributed by atoms with Crippen LogP contribution in [0.1, 0.15) is 5.56 Å². The Hall–Kier alpha value is -2.94. The highest BCUT2D eigenvalue weighted by molar-refractivity contribution is 5.82. The van der Waals surface area contributed by atoms with Crippen molar-refractivity contribution in [2.75, 3.05) is 0 Å². The zero-order valence-electron chi connectivity index (χ0n) is 12.3. The van der Waals surface area contributed by atoms with Crippen molar-refractivity contribution < 1.29 is 0 Å². The third-order valence-corrected chi connectivity index (χ3v) is 3.75. The fourth-order valence-corrected chi connectivity index (χ4v) is 2.65. The van der Waals surface area contributed by atoms with E-state index in [2.05, 4.69) is 46.8 Å². The number of aryl methyl sites for hydroxylation is 1. The lowest BCUT2D eigenvalue weighted by atomic mass is 10.2. The van der Waals surface area contributed by atoms with E-state index < -0.39 is 0 Å². The van der Waals surface area contributed by atoms with Gasteiger partial charge in [0.15, 0.2) is 5.82 Å². The molecule has 0 radical (unpaired) electrons. The van der Waals surface area contributed by atoms with Gasteiger partial charge in [-0.2, -0.15) is 0 Å². The fraction of sp³-hybridized carbons (Fsp3) is 0.0526. The summed E-state index contributed by atoms with van der Waals surface area (Å²) in [5, 5.41) is 0. The average Bonchev–Trinajstić information content (AvgIpc) is 2.96. The number of pyridine rings is 1. The Balaban J connectivity index is 2.04. The Morgan fingerprint density at radius 2 is 1.59 bits per heavy atom. The predicted molar refractivity (Wildman–Crippen MR) is 89.0 cm³/mol. The van der Waals surface area contributed by atoms with Crippen molar-refractivity contribution in [3.63, 3.8) is 0 Å². The van der Waals surface area contributed by atoms with Crippen LogP contribution in [-0.2, 0) is 0 Å². The number of benzene rings is 2. The number of hydrogen-bond acceptors (Lipinski definition) is 2. The van der Waals surface area contributed by atoms with E-state index in [9.17, 15) is 0 Å². The molecular weight excluding hydrogens is 270 g/mol. The van der Waals surface area contributed by atoms with Crippen LogP contribution in [0.25, 0.3) is 28.2 Å². The Morgan fingerprint density at radius 1 is 0.818 bits per heavy atom. The summed E-state index contributed by atoms with van der Waals surface area (Å²) in [5.41, 5.74) is 5.28. The summed E-state index contributed by atoms with van der Waals surface area (Å²) in [6.07, 6.45) is 1.80. The zero-order chi connectivity index (χ0) is 14.9. The van der Waals surface area contributed by atoms with Crippen molar-refractivity contribution in [2.24, 2.45) is 0 Å². The highest BCUT2D eigenvalue weighted by Gasteiger charge is 2.14. The van der Waals surface area contributed by atoms with E-state index in [0.717, 1.165) is 28.2 Å². The van der Waals surface area contributed by atoms with E-state index in [0.29, 0.717) is 0 Å². The third-order valence-electron chi connectivity index (χ3n) is 3.75. The molecule has 3 nitrogen and oxygen atoms in total. The van der Waals surface area contributed by atoms with Crippen LogP contribution in [0.15, 0.2) is 72.9 Å². The maximum Gasteiger partial charge on any atom is 0.164 e. The molecule has 0 saturated heterocycles. The molecule has 0 N–H and O–H groups in total. The van der Waals surface area contributed by atoms with Crippen LogP contribution in [0.5, 0.6) is 0 Å². The van der Waals surface area contributed by atoms with E-state index >= 15 is 0 Å². The smallest absolute Gasteiger partial charge is 0.164 e. The van der Waals surface area contributed by atoms with Crippen LogP contribution in [0, 0.1) is 6.92 Å². The maximum absolute atomic E-state index is 4.78. The summed E-state index contributed by atoms with van der Waals surface area (Å²) in [4.78, 5) is 9.25. The number of imidazole rings is 1. The second-order valence-corrected chi connectivity index (χ2v) is 5.31. The van der Waals surface area contributed by atoms with E-state index in [-0.39, 0.29) is 0 Å². The second kappa shape index (κ2) is 5.11. The Kier molecular flexibility index (Phi) is 2.97. The van der Waals surface area contributed by atoms with Crippen LogP contribution in [0.2, 0.25) is 0 Å². The van der Waals surface area contributed by atoms with Crippen molar-refractivity contribution in [2.45, 2.75) is 6.92 Å². The molecule has 0 aliphatic rings. The van der Waals surface area contributed by atoms with E-state index in [4.69, 9.17) is 4.98 Å². The zero-order valence-corrected chi connectivity index (χ0v) is 12.3. The van der Waals surface area contributed by atoms with Gasteiger partial charge in [0.1, 0.15) is 5.69 Å². The Morgan fingerprint density at radius 3 is 2.36 bits per heavy atom. The first-order chi connectivity index (χ1) is 10.8. The van der Waals surface area contributed by atoms with Gasteiger partial charge in [-0.3, -0.25) is 9.55 Å². The topological polar surface area (TPSA) is 30.7 Å². The summed E-state index contributed by atoms with van der Waals surface area (Å²) < 4.78 is 2.16. The van der Waals surface area contributed by atoms with Crippen molar-refractivity contribution in [1.29, 1.82) is 0 Å². The lowest BCUT2D eigenvalue weighted by Crippen LogP contribution is -1.98. The van der Waals surface area contributed by atoms with E-state index in [1.54, 1.807) is 6.20 Å². The molecule has 2 heterocycles. The lowest BCUT2D eigenvalue weighted by Gasteiger charge is -2.09. The third kappa shape index (κ3) is 2.07. The van der Waals surface area contributed by atoms with Gasteiger partial charge in [0.05, 0.1) is 11.0 Å². The monoisotopic (exact) mass is 285 g/mol. The van der Waals surface area contributed by atoms with Gasteiger partial charge in [0, 0.05) is 11.9 Å². The number of rotatable bonds is 2. The molecule has 4 rings (SSSR count). The fourth-order valence-electron chi connectivity index (χ4n) is 2.65. The molecule has 2 aromatic heterocycles. The minimum Gasteiger partial charge on any atom is -0.291 e. The second-order valence-electron chi connectivity index (χ2n) is 5.31. The quantitative estimate of drug-likeness (QED) is 0.546. The summed E-state index contributed by atoms with van der Waals surface area (Å²) >= 11 is 0. The van der Waals surface area contributed by atoms with E-state index in [1.165, 1.54) is 5.56 Å². The van der Waals surface area contributed by atoms with Crippen LogP contribution in [0.4, 0.5) is 0 Å². The minimum absolute atomic E-state index is 0.866. The standard InChI is InChI=1S/C19H15N3/c1-14-9-11-15(12-10-14)22-18-8-3-2-6-16(18)21-19(22)17-7-4-5-13-20-17/h2-13H,1H3. The Bertz CT molecular complexity index is 922. The molecule has 0 spiro atoms. The van der Waals surface area contributed by atoms with Crippen LogP contribution >= 0.6 is 0 Å². The molecule has 0 bridgehead atoms. The molecule has 3 heteroatoms. The number of aromatic nitrogens is 3. The highest BCUT2D eigenvalue weighted by atomic mass is 15.1. The van der Waals surface area contributed by atoms with Crippen molar-refractivity contribution in [3.05, 3.63) is 78.5 Å². The van der Waals surface area contributed by atoms with Crippen LogP contribution < -0.4 is 0 Å². The van der Waals surface area contributed by atoms with Gasteiger partial charge in [-0.15, -0.1) is 0 Å². The first-order valence-corrected chi connectivity index (χ1v) is 7.29. The van der Waals surface area contributed by atoms with E-state index in [1.807, 2.05) is 36.4 Å². The van der Waals surface area contributed by atoms with Gasteiger partial charge in [0.2, 0.25) is 0 Å². The molecule has 0 saturated carbocycles. The molecule has 0 fully saturated rings. The van der Waals surface area contributed by atoms with Gasteiger partial charge >= 0.3 is 0 Å². The number of nitrogens with zero attached hydrogens (tertiary/aromatic N) is 3. The minimum atomic E-state index is 0.866. The largest absolute Gasteiger partial charge is 0.291 e.